The molecule has 0 unspecified atom stereocenters. The van der Waals surface area contributed by atoms with Gasteiger partial charge in [0.05, 0.1) is 6.61 Å². The van der Waals surface area contributed by atoms with E-state index in [0.29, 0.717) is 13.0 Å². The lowest BCUT2D eigenvalue weighted by molar-refractivity contribution is -0.121. The van der Waals surface area contributed by atoms with E-state index in [1.54, 1.807) is 0 Å². The molecule has 0 saturated heterocycles. The van der Waals surface area contributed by atoms with Crippen molar-refractivity contribution in [3.63, 3.8) is 0 Å². The van der Waals surface area contributed by atoms with Gasteiger partial charge >= 0.3 is 10.4 Å². The van der Waals surface area contributed by atoms with E-state index in [4.69, 9.17) is 4.55 Å². The van der Waals surface area contributed by atoms with E-state index in [0.717, 1.165) is 6.54 Å². The van der Waals surface area contributed by atoms with Gasteiger partial charge in [-0.3, -0.25) is 9.35 Å². The topological polar surface area (TPSA) is 105 Å². The van der Waals surface area contributed by atoms with Crippen LogP contribution in [0.1, 0.15) is 13.3 Å². The number of nitrogens with one attached hydrogen (secondary N) is 2. The van der Waals surface area contributed by atoms with Crippen LogP contribution in [0.15, 0.2) is 0 Å². The molecule has 0 bridgehead atoms. The second-order valence-electron chi connectivity index (χ2n) is 2.70. The first kappa shape index (κ1) is 14.3. The molecule has 0 spiro atoms. The molecule has 0 aliphatic carbocycles. The number of carbonyl (C=O) groups excluding carboxylic acids is 1. The Kier molecular flexibility index (Phi) is 7.22. The molecule has 0 fully saturated rings. The fourth-order valence-corrected chi connectivity index (χ4v) is 1.10. The summed E-state index contributed by atoms with van der Waals surface area (Å²) in [5.74, 6) is -0.199. The lowest BCUT2D eigenvalue weighted by atomic mass is 10.4. The molecule has 0 aromatic heterocycles. The number of hydrogen-bond donors (Lipinski definition) is 3. The highest BCUT2D eigenvalue weighted by Gasteiger charge is 2.04. The molecule has 0 radical (unpaired) electrons. The highest BCUT2D eigenvalue weighted by molar-refractivity contribution is 7.80. The molecule has 0 aromatic carbocycles. The van der Waals surface area contributed by atoms with Crippen LogP contribution >= 0.6 is 0 Å². The Morgan fingerprint density at radius 1 is 1.40 bits per heavy atom. The number of hydrogen-bond acceptors (Lipinski definition) is 5. The maximum absolute atomic E-state index is 11.0. The molecule has 0 saturated carbocycles. The highest BCUT2D eigenvalue weighted by atomic mass is 32.3. The van der Waals surface area contributed by atoms with Crippen LogP contribution < -0.4 is 10.6 Å². The fraction of sp³-hybridized carbons (Fsp3) is 0.857. The molecule has 0 aromatic rings. The molecule has 15 heavy (non-hydrogen) atoms. The molecule has 1 amide bonds. The van der Waals surface area contributed by atoms with E-state index in [2.05, 4.69) is 14.8 Å². The second kappa shape index (κ2) is 7.57. The van der Waals surface area contributed by atoms with Gasteiger partial charge < -0.3 is 10.6 Å². The van der Waals surface area contributed by atoms with Crippen molar-refractivity contribution in [2.45, 2.75) is 13.3 Å². The summed E-state index contributed by atoms with van der Waals surface area (Å²) in [7, 11) is -4.41. The predicted octanol–water partition coefficient (Wildman–Crippen LogP) is -1.08. The van der Waals surface area contributed by atoms with Gasteiger partial charge in [-0.15, -0.1) is 0 Å². The lowest BCUT2D eigenvalue weighted by Gasteiger charge is -2.04. The molecule has 0 aliphatic rings. The third-order valence-electron chi connectivity index (χ3n) is 1.44. The average molecular weight is 240 g/mol. The van der Waals surface area contributed by atoms with E-state index >= 15 is 0 Å². The molecular formula is C7H16N2O5S. The molecular weight excluding hydrogens is 224 g/mol. The Morgan fingerprint density at radius 3 is 2.60 bits per heavy atom. The number of amides is 1. The molecule has 0 atom stereocenters. The minimum absolute atomic E-state index is 0.0464. The first-order valence-corrected chi connectivity index (χ1v) is 5.91. The van der Waals surface area contributed by atoms with Crippen LogP contribution in [0.4, 0.5) is 0 Å². The average Bonchev–Trinajstić information content (AvgIpc) is 2.11. The van der Waals surface area contributed by atoms with Crippen LogP contribution in [0.5, 0.6) is 0 Å². The van der Waals surface area contributed by atoms with E-state index in [1.165, 1.54) is 0 Å². The summed E-state index contributed by atoms with van der Waals surface area (Å²) >= 11 is 0. The van der Waals surface area contributed by atoms with Crippen molar-refractivity contribution >= 4 is 16.3 Å². The Hall–Kier alpha value is -0.700. The predicted molar refractivity (Wildman–Crippen MR) is 53.7 cm³/mol. The van der Waals surface area contributed by atoms with Crippen molar-refractivity contribution in [3.05, 3.63) is 0 Å². The van der Waals surface area contributed by atoms with Crippen LogP contribution in [-0.4, -0.2) is 45.1 Å². The van der Waals surface area contributed by atoms with Gasteiger partial charge in [-0.2, -0.15) is 8.42 Å². The van der Waals surface area contributed by atoms with E-state index in [-0.39, 0.29) is 19.1 Å². The molecule has 7 nitrogen and oxygen atoms in total. The third-order valence-corrected chi connectivity index (χ3v) is 1.90. The number of rotatable bonds is 8. The Bertz CT molecular complexity index is 277. The zero-order valence-electron chi connectivity index (χ0n) is 8.52. The van der Waals surface area contributed by atoms with E-state index < -0.39 is 10.4 Å². The maximum Gasteiger partial charge on any atom is 0.397 e. The van der Waals surface area contributed by atoms with Crippen molar-refractivity contribution < 1.29 is 21.9 Å². The highest BCUT2D eigenvalue weighted by Crippen LogP contribution is 1.84. The zero-order valence-corrected chi connectivity index (χ0v) is 9.34. The van der Waals surface area contributed by atoms with Crippen LogP contribution in [0.2, 0.25) is 0 Å². The lowest BCUT2D eigenvalue weighted by Crippen LogP contribution is -2.30. The third kappa shape index (κ3) is 11.2. The summed E-state index contributed by atoms with van der Waals surface area (Å²) in [6.07, 6.45) is 0.319. The summed E-state index contributed by atoms with van der Waals surface area (Å²) in [5.41, 5.74) is 0. The Morgan fingerprint density at radius 2 is 2.07 bits per heavy atom. The summed E-state index contributed by atoms with van der Waals surface area (Å²) in [5, 5.41) is 5.40. The Labute approximate surface area is 89.1 Å². The normalized spacial score (nSPS) is 11.3. The molecule has 0 aliphatic heterocycles. The SMILES string of the molecule is CCNCCC(=O)NCCOS(=O)(=O)O. The maximum atomic E-state index is 11.0. The van der Waals surface area contributed by atoms with Gasteiger partial charge in [-0.05, 0) is 6.54 Å². The standard InChI is InChI=1S/C7H16N2O5S/c1-2-8-4-3-7(10)9-5-6-14-15(11,12)13/h8H,2-6H2,1H3,(H,9,10)(H,11,12,13). The molecule has 3 N–H and O–H groups in total. The van der Waals surface area contributed by atoms with Crippen LogP contribution in [-0.2, 0) is 19.4 Å². The van der Waals surface area contributed by atoms with Gasteiger partial charge in [0.25, 0.3) is 0 Å². The van der Waals surface area contributed by atoms with Crippen molar-refractivity contribution in [2.75, 3.05) is 26.2 Å². The van der Waals surface area contributed by atoms with E-state index in [1.807, 2.05) is 6.92 Å². The van der Waals surface area contributed by atoms with Crippen molar-refractivity contribution in [2.24, 2.45) is 0 Å². The van der Waals surface area contributed by atoms with Crippen molar-refractivity contribution in [1.82, 2.24) is 10.6 Å². The minimum Gasteiger partial charge on any atom is -0.354 e. The summed E-state index contributed by atoms with van der Waals surface area (Å²) in [6, 6.07) is 0. The van der Waals surface area contributed by atoms with E-state index in [9.17, 15) is 13.2 Å². The van der Waals surface area contributed by atoms with Crippen LogP contribution in [0.25, 0.3) is 0 Å². The smallest absolute Gasteiger partial charge is 0.354 e. The molecule has 90 valence electrons. The minimum atomic E-state index is -4.41. The van der Waals surface area contributed by atoms with Crippen molar-refractivity contribution in [3.8, 4) is 0 Å². The van der Waals surface area contributed by atoms with Gasteiger partial charge in [-0.25, -0.2) is 4.18 Å². The molecule has 8 heteroatoms. The van der Waals surface area contributed by atoms with Gasteiger partial charge in [-0.1, -0.05) is 6.92 Å². The second-order valence-corrected chi connectivity index (χ2v) is 3.79. The van der Waals surface area contributed by atoms with Crippen molar-refractivity contribution in [1.29, 1.82) is 0 Å². The number of carbonyl (C=O) groups is 1. The van der Waals surface area contributed by atoms with Gasteiger partial charge in [0, 0.05) is 19.5 Å². The van der Waals surface area contributed by atoms with Gasteiger partial charge in [0.2, 0.25) is 5.91 Å². The van der Waals surface area contributed by atoms with Crippen LogP contribution in [0.3, 0.4) is 0 Å². The molecule has 0 rings (SSSR count). The fourth-order valence-electron chi connectivity index (χ4n) is 0.805. The van der Waals surface area contributed by atoms with Gasteiger partial charge in [0.1, 0.15) is 0 Å². The Balaban J connectivity index is 3.39. The summed E-state index contributed by atoms with van der Waals surface area (Å²) in [6.45, 7) is 3.06. The largest absolute Gasteiger partial charge is 0.397 e. The summed E-state index contributed by atoms with van der Waals surface area (Å²) in [4.78, 5) is 11.0. The monoisotopic (exact) mass is 240 g/mol. The van der Waals surface area contributed by atoms with Crippen LogP contribution in [0, 0.1) is 0 Å². The first-order valence-electron chi connectivity index (χ1n) is 4.55. The van der Waals surface area contributed by atoms with Gasteiger partial charge in [0.15, 0.2) is 0 Å². The first-order chi connectivity index (χ1) is 6.95. The summed E-state index contributed by atoms with van der Waals surface area (Å²) < 4.78 is 32.4. The zero-order chi connectivity index (χ0) is 11.7. The molecule has 0 heterocycles. The quantitative estimate of drug-likeness (QED) is 0.368.